The summed E-state index contributed by atoms with van der Waals surface area (Å²) in [6.45, 7) is 1.61. The Morgan fingerprint density at radius 2 is 1.72 bits per heavy atom. The SMILES string of the molecule is Cl.c1ccc(OCC2CCCCO2)c(CCCCC2CCCCC2)c1. The maximum atomic E-state index is 6.10. The summed E-state index contributed by atoms with van der Waals surface area (Å²) in [5, 5.41) is 0. The topological polar surface area (TPSA) is 18.5 Å². The smallest absolute Gasteiger partial charge is 0.122 e. The van der Waals surface area contributed by atoms with E-state index in [0.717, 1.165) is 31.1 Å². The molecule has 1 saturated heterocycles. The molecule has 1 aromatic rings. The molecule has 2 nitrogen and oxygen atoms in total. The highest BCUT2D eigenvalue weighted by Gasteiger charge is 2.15. The molecule has 2 aliphatic rings. The van der Waals surface area contributed by atoms with E-state index in [1.807, 2.05) is 0 Å². The van der Waals surface area contributed by atoms with Gasteiger partial charge in [-0.25, -0.2) is 0 Å². The van der Waals surface area contributed by atoms with Crippen LogP contribution in [0.25, 0.3) is 0 Å². The van der Waals surface area contributed by atoms with Crippen molar-refractivity contribution >= 4 is 12.4 Å². The summed E-state index contributed by atoms with van der Waals surface area (Å²) in [7, 11) is 0. The molecule has 1 unspecified atom stereocenters. The van der Waals surface area contributed by atoms with Gasteiger partial charge in [-0.1, -0.05) is 63.1 Å². The first kappa shape index (κ1) is 20.6. The van der Waals surface area contributed by atoms with Gasteiger partial charge < -0.3 is 9.47 Å². The van der Waals surface area contributed by atoms with Crippen molar-refractivity contribution in [2.75, 3.05) is 13.2 Å². The van der Waals surface area contributed by atoms with E-state index < -0.39 is 0 Å². The lowest BCUT2D eigenvalue weighted by Crippen LogP contribution is -2.26. The lowest BCUT2D eigenvalue weighted by atomic mass is 9.85. The molecule has 1 aliphatic carbocycles. The molecule has 1 atom stereocenters. The number of ether oxygens (including phenoxy) is 2. The number of para-hydroxylation sites is 1. The third-order valence-electron chi connectivity index (χ3n) is 5.70. The predicted octanol–water partition coefficient (Wildman–Crippen LogP) is 6.35. The fourth-order valence-corrected chi connectivity index (χ4v) is 4.20. The summed E-state index contributed by atoms with van der Waals surface area (Å²) < 4.78 is 11.9. The van der Waals surface area contributed by atoms with Crippen molar-refractivity contribution in [1.29, 1.82) is 0 Å². The van der Waals surface area contributed by atoms with Crippen LogP contribution in [0.4, 0.5) is 0 Å². The van der Waals surface area contributed by atoms with Crippen molar-refractivity contribution in [3.63, 3.8) is 0 Å². The highest BCUT2D eigenvalue weighted by Crippen LogP contribution is 2.28. The molecule has 1 heterocycles. The van der Waals surface area contributed by atoms with Crippen LogP contribution in [0, 0.1) is 5.92 Å². The highest BCUT2D eigenvalue weighted by atomic mass is 35.5. The maximum absolute atomic E-state index is 6.10. The Bertz CT molecular complexity index is 465. The molecule has 0 amide bonds. The molecule has 2 fully saturated rings. The van der Waals surface area contributed by atoms with Gasteiger partial charge in [0.2, 0.25) is 0 Å². The number of hydrogen-bond donors (Lipinski definition) is 0. The minimum absolute atomic E-state index is 0. The van der Waals surface area contributed by atoms with Crippen LogP contribution in [0.3, 0.4) is 0 Å². The molecular weight excluding hydrogens is 332 g/mol. The summed E-state index contributed by atoms with van der Waals surface area (Å²) in [4.78, 5) is 0. The summed E-state index contributed by atoms with van der Waals surface area (Å²) in [6, 6.07) is 8.58. The van der Waals surface area contributed by atoms with E-state index >= 15 is 0 Å². The van der Waals surface area contributed by atoms with Crippen LogP contribution in [-0.2, 0) is 11.2 Å². The first-order chi connectivity index (χ1) is 11.9. The van der Waals surface area contributed by atoms with Crippen LogP contribution in [0.15, 0.2) is 24.3 Å². The maximum Gasteiger partial charge on any atom is 0.122 e. The van der Waals surface area contributed by atoms with Gasteiger partial charge in [-0.2, -0.15) is 0 Å². The van der Waals surface area contributed by atoms with E-state index in [4.69, 9.17) is 9.47 Å². The Balaban J connectivity index is 0.00000225. The molecule has 142 valence electrons. The van der Waals surface area contributed by atoms with Gasteiger partial charge >= 0.3 is 0 Å². The van der Waals surface area contributed by atoms with Gasteiger partial charge in [-0.3, -0.25) is 0 Å². The zero-order valence-electron chi connectivity index (χ0n) is 15.6. The average molecular weight is 367 g/mol. The third kappa shape index (κ3) is 7.19. The summed E-state index contributed by atoms with van der Waals surface area (Å²) in [5.74, 6) is 2.08. The van der Waals surface area contributed by atoms with Crippen molar-refractivity contribution < 1.29 is 9.47 Å². The van der Waals surface area contributed by atoms with Gasteiger partial charge in [0.25, 0.3) is 0 Å². The molecule has 25 heavy (non-hydrogen) atoms. The number of hydrogen-bond acceptors (Lipinski definition) is 2. The minimum atomic E-state index is 0. The molecule has 3 rings (SSSR count). The molecule has 0 N–H and O–H groups in total. The summed E-state index contributed by atoms with van der Waals surface area (Å²) >= 11 is 0. The monoisotopic (exact) mass is 366 g/mol. The van der Waals surface area contributed by atoms with E-state index in [9.17, 15) is 0 Å². The second kappa shape index (κ2) is 11.8. The van der Waals surface area contributed by atoms with Crippen molar-refractivity contribution in [2.45, 2.75) is 83.2 Å². The van der Waals surface area contributed by atoms with Crippen molar-refractivity contribution in [3.05, 3.63) is 29.8 Å². The summed E-state index contributed by atoms with van der Waals surface area (Å²) in [5.41, 5.74) is 1.37. The molecule has 1 saturated carbocycles. The minimum Gasteiger partial charge on any atom is -0.491 e. The lowest BCUT2D eigenvalue weighted by molar-refractivity contribution is -0.0112. The van der Waals surface area contributed by atoms with Crippen LogP contribution in [0.2, 0.25) is 0 Å². The second-order valence-corrected chi connectivity index (χ2v) is 7.66. The fourth-order valence-electron chi connectivity index (χ4n) is 4.20. The first-order valence-electron chi connectivity index (χ1n) is 10.2. The average Bonchev–Trinajstić information content (AvgIpc) is 2.66. The normalized spacial score (nSPS) is 21.5. The molecule has 0 bridgehead atoms. The standard InChI is InChI=1S/C22H34O2.ClH/c1-2-10-19(11-3-1)12-4-5-13-20-14-6-7-16-22(20)24-18-21-15-8-9-17-23-21;/h6-7,14,16,19,21H,1-5,8-13,15,17-18H2;1H. The van der Waals surface area contributed by atoms with Crippen molar-refractivity contribution in [2.24, 2.45) is 5.92 Å². The van der Waals surface area contributed by atoms with Crippen molar-refractivity contribution in [1.82, 2.24) is 0 Å². The van der Waals surface area contributed by atoms with Crippen LogP contribution in [0.5, 0.6) is 5.75 Å². The molecule has 1 aliphatic heterocycles. The van der Waals surface area contributed by atoms with Crippen LogP contribution in [0.1, 0.15) is 76.2 Å². The number of rotatable bonds is 8. The Morgan fingerprint density at radius 1 is 0.920 bits per heavy atom. The van der Waals surface area contributed by atoms with Crippen LogP contribution < -0.4 is 4.74 Å². The Hall–Kier alpha value is -0.730. The zero-order valence-corrected chi connectivity index (χ0v) is 16.4. The zero-order chi connectivity index (χ0) is 16.5. The number of halogens is 1. The van der Waals surface area contributed by atoms with Gasteiger partial charge in [-0.15, -0.1) is 12.4 Å². The number of benzene rings is 1. The van der Waals surface area contributed by atoms with E-state index in [0.29, 0.717) is 6.61 Å². The molecule has 3 heteroatoms. The highest BCUT2D eigenvalue weighted by molar-refractivity contribution is 5.85. The van der Waals surface area contributed by atoms with Gasteiger partial charge in [0.1, 0.15) is 12.4 Å². The van der Waals surface area contributed by atoms with Crippen molar-refractivity contribution in [3.8, 4) is 5.75 Å². The predicted molar refractivity (Wildman–Crippen MR) is 107 cm³/mol. The quantitative estimate of drug-likeness (QED) is 0.499. The molecule has 1 aromatic carbocycles. The van der Waals surface area contributed by atoms with Gasteiger partial charge in [-0.05, 0) is 49.7 Å². The van der Waals surface area contributed by atoms with E-state index in [1.54, 1.807) is 0 Å². The molecule has 0 aromatic heterocycles. The third-order valence-corrected chi connectivity index (χ3v) is 5.70. The van der Waals surface area contributed by atoms with E-state index in [2.05, 4.69) is 24.3 Å². The second-order valence-electron chi connectivity index (χ2n) is 7.66. The van der Waals surface area contributed by atoms with Crippen LogP contribution >= 0.6 is 12.4 Å². The first-order valence-corrected chi connectivity index (χ1v) is 10.2. The van der Waals surface area contributed by atoms with Crippen LogP contribution in [-0.4, -0.2) is 19.3 Å². The number of unbranched alkanes of at least 4 members (excludes halogenated alkanes) is 1. The Morgan fingerprint density at radius 3 is 2.52 bits per heavy atom. The van der Waals surface area contributed by atoms with Gasteiger partial charge in [0.05, 0.1) is 6.10 Å². The van der Waals surface area contributed by atoms with E-state index in [-0.39, 0.29) is 18.5 Å². The van der Waals surface area contributed by atoms with E-state index in [1.165, 1.54) is 69.8 Å². The lowest BCUT2D eigenvalue weighted by Gasteiger charge is -2.23. The Kier molecular flexibility index (Phi) is 9.72. The number of aryl methyl sites for hydroxylation is 1. The molecule has 0 radical (unpaired) electrons. The van der Waals surface area contributed by atoms with Gasteiger partial charge in [0.15, 0.2) is 0 Å². The largest absolute Gasteiger partial charge is 0.491 e. The fraction of sp³-hybridized carbons (Fsp3) is 0.727. The molecule has 0 spiro atoms. The Labute approximate surface area is 160 Å². The summed E-state index contributed by atoms with van der Waals surface area (Å²) in [6.07, 6.45) is 16.5. The van der Waals surface area contributed by atoms with Gasteiger partial charge in [0, 0.05) is 6.61 Å². The molecular formula is C22H35ClO2.